The van der Waals surface area contributed by atoms with Crippen molar-refractivity contribution in [3.63, 3.8) is 0 Å². The minimum absolute atomic E-state index is 0.0102. The summed E-state index contributed by atoms with van der Waals surface area (Å²) in [7, 11) is 0. The molecule has 0 saturated heterocycles. The SMILES string of the molecule is CC(C)(C)c1csc(-c2cc3cc(Cn4cc(CC(=O)O)c5cc(O)ccc54)ccc3o2)n1. The highest BCUT2D eigenvalue weighted by Crippen LogP contribution is 2.34. The van der Waals surface area contributed by atoms with Gasteiger partial charge in [-0.25, -0.2) is 4.98 Å². The van der Waals surface area contributed by atoms with Crippen molar-refractivity contribution in [2.24, 2.45) is 0 Å². The maximum absolute atomic E-state index is 11.3. The van der Waals surface area contributed by atoms with Crippen molar-refractivity contribution in [2.75, 3.05) is 0 Å². The third-order valence-corrected chi connectivity index (χ3v) is 6.56. The summed E-state index contributed by atoms with van der Waals surface area (Å²) in [4.78, 5) is 16.1. The fourth-order valence-electron chi connectivity index (χ4n) is 4.02. The molecule has 168 valence electrons. The van der Waals surface area contributed by atoms with Gasteiger partial charge in [-0.3, -0.25) is 4.79 Å². The number of furan rings is 1. The molecule has 3 heterocycles. The van der Waals surface area contributed by atoms with Gasteiger partial charge in [0.25, 0.3) is 0 Å². The molecule has 0 atom stereocenters. The lowest BCUT2D eigenvalue weighted by Gasteiger charge is -2.13. The second-order valence-electron chi connectivity index (χ2n) is 9.32. The summed E-state index contributed by atoms with van der Waals surface area (Å²) in [5.74, 6) is -0.0223. The van der Waals surface area contributed by atoms with Crippen LogP contribution in [0.2, 0.25) is 0 Å². The molecule has 0 unspecified atom stereocenters. The Balaban J connectivity index is 1.48. The van der Waals surface area contributed by atoms with Gasteiger partial charge in [0.05, 0.1) is 12.1 Å². The van der Waals surface area contributed by atoms with Crippen molar-refractivity contribution in [1.82, 2.24) is 9.55 Å². The predicted molar refractivity (Wildman–Crippen MR) is 130 cm³/mol. The van der Waals surface area contributed by atoms with Crippen LogP contribution in [0.25, 0.3) is 32.6 Å². The Morgan fingerprint density at radius 3 is 2.70 bits per heavy atom. The van der Waals surface area contributed by atoms with Gasteiger partial charge < -0.3 is 19.2 Å². The minimum atomic E-state index is -0.901. The third kappa shape index (κ3) is 4.12. The summed E-state index contributed by atoms with van der Waals surface area (Å²) >= 11 is 1.58. The van der Waals surface area contributed by atoms with Crippen LogP contribution in [0, 0.1) is 0 Å². The molecule has 5 rings (SSSR count). The third-order valence-electron chi connectivity index (χ3n) is 5.71. The van der Waals surface area contributed by atoms with Crippen LogP contribution in [0.15, 0.2) is 58.5 Å². The van der Waals surface area contributed by atoms with Crippen LogP contribution in [0.5, 0.6) is 5.75 Å². The first-order valence-electron chi connectivity index (χ1n) is 10.7. The summed E-state index contributed by atoms with van der Waals surface area (Å²) in [6, 6.07) is 13.1. The Labute approximate surface area is 194 Å². The maximum Gasteiger partial charge on any atom is 0.307 e. The van der Waals surface area contributed by atoms with Gasteiger partial charge in [-0.2, -0.15) is 0 Å². The van der Waals surface area contributed by atoms with E-state index in [1.165, 1.54) is 0 Å². The van der Waals surface area contributed by atoms with Crippen LogP contribution in [0.1, 0.15) is 37.6 Å². The van der Waals surface area contributed by atoms with Crippen molar-refractivity contribution in [3.05, 3.63) is 70.9 Å². The number of hydrogen-bond donors (Lipinski definition) is 2. The lowest BCUT2D eigenvalue weighted by Crippen LogP contribution is -2.11. The highest BCUT2D eigenvalue weighted by molar-refractivity contribution is 7.13. The van der Waals surface area contributed by atoms with Gasteiger partial charge >= 0.3 is 5.97 Å². The molecule has 0 bridgehead atoms. The topological polar surface area (TPSA) is 88.5 Å². The summed E-state index contributed by atoms with van der Waals surface area (Å²) in [5, 5.41) is 23.8. The van der Waals surface area contributed by atoms with E-state index in [1.54, 1.807) is 23.5 Å². The van der Waals surface area contributed by atoms with Crippen LogP contribution in [-0.4, -0.2) is 25.7 Å². The smallest absolute Gasteiger partial charge is 0.307 e. The van der Waals surface area contributed by atoms with Gasteiger partial charge in [0, 0.05) is 39.8 Å². The molecule has 0 amide bonds. The summed E-state index contributed by atoms with van der Waals surface area (Å²) in [5.41, 5.74) is 4.47. The summed E-state index contributed by atoms with van der Waals surface area (Å²) in [6.07, 6.45) is 1.76. The number of benzene rings is 2. The number of aromatic nitrogens is 2. The molecule has 0 aliphatic carbocycles. The van der Waals surface area contributed by atoms with E-state index in [4.69, 9.17) is 9.40 Å². The molecular weight excluding hydrogens is 436 g/mol. The number of carboxylic acid groups (broad SMARTS) is 1. The number of phenolic OH excluding ortho intramolecular Hbond substituents is 1. The van der Waals surface area contributed by atoms with Crippen LogP contribution in [0.3, 0.4) is 0 Å². The van der Waals surface area contributed by atoms with Crippen molar-refractivity contribution >= 4 is 39.2 Å². The number of aliphatic carboxylic acids is 1. The van der Waals surface area contributed by atoms with Gasteiger partial charge in [-0.05, 0) is 47.5 Å². The van der Waals surface area contributed by atoms with Gasteiger partial charge in [0.1, 0.15) is 11.3 Å². The Morgan fingerprint density at radius 1 is 1.15 bits per heavy atom. The first-order valence-corrected chi connectivity index (χ1v) is 11.6. The van der Waals surface area contributed by atoms with Crippen molar-refractivity contribution in [2.45, 2.75) is 39.2 Å². The van der Waals surface area contributed by atoms with Crippen LogP contribution >= 0.6 is 11.3 Å². The molecule has 33 heavy (non-hydrogen) atoms. The van der Waals surface area contributed by atoms with Crippen LogP contribution < -0.4 is 0 Å². The first-order chi connectivity index (χ1) is 15.7. The van der Waals surface area contributed by atoms with Gasteiger partial charge in [-0.1, -0.05) is 26.8 Å². The van der Waals surface area contributed by atoms with Gasteiger partial charge in [-0.15, -0.1) is 11.3 Å². The van der Waals surface area contributed by atoms with Gasteiger partial charge in [0.15, 0.2) is 10.8 Å². The molecule has 2 N–H and O–H groups in total. The van der Waals surface area contributed by atoms with E-state index < -0.39 is 5.97 Å². The quantitative estimate of drug-likeness (QED) is 0.326. The number of hydrogen-bond acceptors (Lipinski definition) is 5. The molecule has 6 nitrogen and oxygen atoms in total. The number of aromatic hydroxyl groups is 1. The number of phenols is 1. The monoisotopic (exact) mass is 460 g/mol. The van der Waals surface area contributed by atoms with E-state index in [0.29, 0.717) is 12.1 Å². The molecule has 0 aliphatic rings. The standard InChI is InChI=1S/C26H24N2O4S/c1-26(2,3)23-14-33-25(27-23)22-9-16-8-15(4-7-21(16)32-22)12-28-13-17(10-24(30)31)19-11-18(29)5-6-20(19)28/h4-9,11,13-14,29H,10,12H2,1-3H3,(H,30,31). The lowest BCUT2D eigenvalue weighted by atomic mass is 9.93. The average Bonchev–Trinajstić information content (AvgIpc) is 3.45. The highest BCUT2D eigenvalue weighted by Gasteiger charge is 2.19. The fourth-order valence-corrected chi connectivity index (χ4v) is 5.02. The van der Waals surface area contributed by atoms with E-state index in [2.05, 4.69) is 32.2 Å². The second kappa shape index (κ2) is 7.78. The van der Waals surface area contributed by atoms with Crippen LogP contribution in [-0.2, 0) is 23.2 Å². The molecule has 2 aromatic carbocycles. The van der Waals surface area contributed by atoms with E-state index >= 15 is 0 Å². The molecule has 7 heteroatoms. The van der Waals surface area contributed by atoms with Crippen molar-refractivity contribution in [3.8, 4) is 16.5 Å². The lowest BCUT2D eigenvalue weighted by molar-refractivity contribution is -0.136. The average molecular weight is 461 g/mol. The minimum Gasteiger partial charge on any atom is -0.508 e. The molecule has 0 radical (unpaired) electrons. The number of rotatable bonds is 5. The predicted octanol–water partition coefficient (Wildman–Crippen LogP) is 6.19. The molecule has 0 fully saturated rings. The number of carboxylic acids is 1. The zero-order valence-corrected chi connectivity index (χ0v) is 19.4. The molecule has 5 aromatic rings. The molecule has 0 aliphatic heterocycles. The normalized spacial score (nSPS) is 12.1. The molecule has 3 aromatic heterocycles. The summed E-state index contributed by atoms with van der Waals surface area (Å²) < 4.78 is 8.08. The zero-order chi connectivity index (χ0) is 23.3. The number of thiazole rings is 1. The Morgan fingerprint density at radius 2 is 1.97 bits per heavy atom. The van der Waals surface area contributed by atoms with E-state index in [1.807, 2.05) is 35.0 Å². The van der Waals surface area contributed by atoms with Gasteiger partial charge in [0.2, 0.25) is 0 Å². The highest BCUT2D eigenvalue weighted by atomic mass is 32.1. The largest absolute Gasteiger partial charge is 0.508 e. The number of fused-ring (bicyclic) bond motifs is 2. The zero-order valence-electron chi connectivity index (χ0n) is 18.6. The number of nitrogens with zero attached hydrogens (tertiary/aromatic N) is 2. The summed E-state index contributed by atoms with van der Waals surface area (Å²) in [6.45, 7) is 7.00. The van der Waals surface area contributed by atoms with Crippen molar-refractivity contribution in [1.29, 1.82) is 0 Å². The van der Waals surface area contributed by atoms with E-state index in [9.17, 15) is 15.0 Å². The number of carbonyl (C=O) groups is 1. The fraction of sp³-hybridized carbons (Fsp3) is 0.231. The Kier molecular flexibility index (Phi) is 5.01. The molecular formula is C26H24N2O4S. The Hall–Kier alpha value is -3.58. The van der Waals surface area contributed by atoms with Crippen molar-refractivity contribution < 1.29 is 19.4 Å². The first kappa shape index (κ1) is 21.3. The van der Waals surface area contributed by atoms with Crippen LogP contribution in [0.4, 0.5) is 0 Å². The maximum atomic E-state index is 11.3. The van der Waals surface area contributed by atoms with E-state index in [-0.39, 0.29) is 17.6 Å². The van der Waals surface area contributed by atoms with E-state index in [0.717, 1.165) is 43.9 Å². The molecule has 0 saturated carbocycles. The molecule has 0 spiro atoms. The second-order valence-corrected chi connectivity index (χ2v) is 10.2. The Bertz CT molecular complexity index is 1500.